The van der Waals surface area contributed by atoms with Crippen LogP contribution in [-0.2, 0) is 4.79 Å². The zero-order valence-corrected chi connectivity index (χ0v) is 8.79. The minimum atomic E-state index is -2.81. The first-order valence-electron chi connectivity index (χ1n) is 4.11. The summed E-state index contributed by atoms with van der Waals surface area (Å²) < 4.78 is 25.7. The Morgan fingerprint density at radius 1 is 1.60 bits per heavy atom. The van der Waals surface area contributed by atoms with E-state index in [9.17, 15) is 13.6 Å². The molecule has 0 aromatic carbocycles. The van der Waals surface area contributed by atoms with Gasteiger partial charge in [-0.2, -0.15) is 5.10 Å². The molecule has 1 N–H and O–H groups in total. The third kappa shape index (κ3) is 2.09. The predicted molar refractivity (Wildman–Crippen MR) is 49.3 cm³/mol. The Labute approximate surface area is 89.5 Å². The van der Waals surface area contributed by atoms with Crippen molar-refractivity contribution in [2.24, 2.45) is 0 Å². The monoisotopic (exact) mass is 238 g/mol. The second-order valence-corrected chi connectivity index (χ2v) is 3.42. The molecule has 0 spiro atoms. The molecule has 1 aromatic rings. The first kappa shape index (κ1) is 11.9. The lowest BCUT2D eigenvalue weighted by molar-refractivity contribution is -0.140. The molecule has 0 aliphatic heterocycles. The van der Waals surface area contributed by atoms with Gasteiger partial charge in [0.25, 0.3) is 6.43 Å². The maximum atomic E-state index is 12.4. The maximum absolute atomic E-state index is 12.4. The second kappa shape index (κ2) is 4.14. The van der Waals surface area contributed by atoms with E-state index in [0.29, 0.717) is 0 Å². The molecule has 0 unspecified atom stereocenters. The summed E-state index contributed by atoms with van der Waals surface area (Å²) in [5, 5.41) is 12.0. The van der Waals surface area contributed by atoms with Crippen molar-refractivity contribution in [3.63, 3.8) is 0 Å². The fraction of sp³-hybridized carbons (Fsp3) is 0.500. The van der Waals surface area contributed by atoms with E-state index in [1.165, 1.54) is 13.8 Å². The third-order valence-electron chi connectivity index (χ3n) is 2.03. The number of carbonyl (C=O) groups is 1. The highest BCUT2D eigenvalue weighted by Crippen LogP contribution is 2.30. The molecule has 1 atom stereocenters. The third-order valence-corrected chi connectivity index (χ3v) is 2.50. The number of aromatic nitrogens is 2. The number of halogens is 3. The van der Waals surface area contributed by atoms with E-state index in [1.807, 2.05) is 0 Å². The van der Waals surface area contributed by atoms with E-state index in [-0.39, 0.29) is 10.7 Å². The molecule has 0 fully saturated rings. The Kier molecular flexibility index (Phi) is 3.28. The first-order valence-corrected chi connectivity index (χ1v) is 4.49. The fourth-order valence-electron chi connectivity index (χ4n) is 1.14. The Morgan fingerprint density at radius 2 is 2.13 bits per heavy atom. The van der Waals surface area contributed by atoms with Gasteiger partial charge in [-0.3, -0.25) is 4.68 Å². The highest BCUT2D eigenvalue weighted by atomic mass is 35.5. The van der Waals surface area contributed by atoms with Gasteiger partial charge >= 0.3 is 5.97 Å². The molecule has 0 saturated carbocycles. The lowest BCUT2D eigenvalue weighted by atomic mass is 10.3. The fourth-order valence-corrected chi connectivity index (χ4v) is 1.35. The number of rotatable bonds is 3. The van der Waals surface area contributed by atoms with Gasteiger partial charge < -0.3 is 5.11 Å². The number of hydrogen-bond donors (Lipinski definition) is 1. The number of alkyl halides is 2. The van der Waals surface area contributed by atoms with Crippen LogP contribution < -0.4 is 0 Å². The molecule has 84 valence electrons. The Bertz CT molecular complexity index is 392. The lowest BCUT2D eigenvalue weighted by Crippen LogP contribution is -2.18. The molecule has 7 heteroatoms. The van der Waals surface area contributed by atoms with Gasteiger partial charge in [0.05, 0.1) is 10.7 Å². The molecule has 15 heavy (non-hydrogen) atoms. The molecular formula is C8H9ClF2N2O2. The van der Waals surface area contributed by atoms with Gasteiger partial charge in [0.15, 0.2) is 0 Å². The summed E-state index contributed by atoms with van der Waals surface area (Å²) in [6, 6.07) is -1.02. The zero-order chi connectivity index (χ0) is 11.7. The summed E-state index contributed by atoms with van der Waals surface area (Å²) in [7, 11) is 0. The average Bonchev–Trinajstić information content (AvgIpc) is 2.43. The zero-order valence-electron chi connectivity index (χ0n) is 8.04. The number of aliphatic carboxylic acids is 1. The van der Waals surface area contributed by atoms with Gasteiger partial charge in [-0.1, -0.05) is 11.6 Å². The summed E-state index contributed by atoms with van der Waals surface area (Å²) in [5.74, 6) is -1.15. The molecule has 0 saturated heterocycles. The van der Waals surface area contributed by atoms with Crippen LogP contribution >= 0.6 is 11.6 Å². The number of hydrogen-bond acceptors (Lipinski definition) is 2. The van der Waals surface area contributed by atoms with Crippen molar-refractivity contribution < 1.29 is 18.7 Å². The van der Waals surface area contributed by atoms with Crippen LogP contribution in [0.5, 0.6) is 0 Å². The van der Waals surface area contributed by atoms with Gasteiger partial charge in [-0.05, 0) is 13.8 Å². The highest BCUT2D eigenvalue weighted by Gasteiger charge is 2.25. The van der Waals surface area contributed by atoms with Crippen molar-refractivity contribution in [1.82, 2.24) is 9.78 Å². The van der Waals surface area contributed by atoms with Crippen molar-refractivity contribution in [2.75, 3.05) is 0 Å². The van der Waals surface area contributed by atoms with Gasteiger partial charge in [0.2, 0.25) is 0 Å². The molecule has 1 aromatic heterocycles. The van der Waals surface area contributed by atoms with Crippen molar-refractivity contribution >= 4 is 17.6 Å². The van der Waals surface area contributed by atoms with Crippen LogP contribution in [0.1, 0.15) is 30.8 Å². The Morgan fingerprint density at radius 3 is 2.47 bits per heavy atom. The molecule has 0 bridgehead atoms. The van der Waals surface area contributed by atoms with Crippen LogP contribution in [0.4, 0.5) is 8.78 Å². The van der Waals surface area contributed by atoms with Crippen LogP contribution in [0.3, 0.4) is 0 Å². The molecule has 0 aliphatic carbocycles. The molecule has 1 heterocycles. The smallest absolute Gasteiger partial charge is 0.328 e. The standard InChI is InChI=1S/C8H9ClF2N2O2/c1-3-5(9)6(7(10)11)12-13(3)4(2)8(14)15/h4,7H,1-2H3,(H,14,15)/t4-/m1/s1. The number of carboxylic acids is 1. The van der Waals surface area contributed by atoms with Gasteiger partial charge in [-0.15, -0.1) is 0 Å². The topological polar surface area (TPSA) is 55.1 Å². The van der Waals surface area contributed by atoms with Crippen LogP contribution in [0, 0.1) is 6.92 Å². The number of carboxylic acid groups (broad SMARTS) is 1. The van der Waals surface area contributed by atoms with Crippen LogP contribution in [0.15, 0.2) is 0 Å². The van der Waals surface area contributed by atoms with E-state index in [1.54, 1.807) is 0 Å². The predicted octanol–water partition coefficient (Wildman–Crippen LogP) is 2.43. The normalized spacial score (nSPS) is 13.2. The second-order valence-electron chi connectivity index (χ2n) is 3.04. The molecule has 0 amide bonds. The molecule has 0 radical (unpaired) electrons. The van der Waals surface area contributed by atoms with Crippen LogP contribution in [-0.4, -0.2) is 20.9 Å². The van der Waals surface area contributed by atoms with Crippen LogP contribution in [0.25, 0.3) is 0 Å². The first-order chi connectivity index (χ1) is 6.86. The number of nitrogens with zero attached hydrogens (tertiary/aromatic N) is 2. The van der Waals surface area contributed by atoms with Gasteiger partial charge in [0, 0.05) is 0 Å². The SMILES string of the molecule is Cc1c(Cl)c(C(F)F)nn1[C@H](C)C(=O)O. The Hall–Kier alpha value is -1.17. The van der Waals surface area contributed by atoms with Crippen molar-refractivity contribution in [2.45, 2.75) is 26.3 Å². The highest BCUT2D eigenvalue weighted by molar-refractivity contribution is 6.31. The maximum Gasteiger partial charge on any atom is 0.328 e. The molecule has 4 nitrogen and oxygen atoms in total. The lowest BCUT2D eigenvalue weighted by Gasteiger charge is -2.08. The minimum Gasteiger partial charge on any atom is -0.480 e. The Balaban J connectivity index is 3.21. The minimum absolute atomic E-state index is 0.182. The molecular weight excluding hydrogens is 230 g/mol. The van der Waals surface area contributed by atoms with E-state index in [4.69, 9.17) is 16.7 Å². The van der Waals surface area contributed by atoms with Gasteiger partial charge in [0.1, 0.15) is 11.7 Å². The average molecular weight is 239 g/mol. The van der Waals surface area contributed by atoms with E-state index < -0.39 is 24.1 Å². The summed E-state index contributed by atoms with van der Waals surface area (Å²) in [5.41, 5.74) is -0.357. The van der Waals surface area contributed by atoms with Crippen molar-refractivity contribution in [3.8, 4) is 0 Å². The largest absolute Gasteiger partial charge is 0.480 e. The molecule has 1 rings (SSSR count). The summed E-state index contributed by atoms with van der Waals surface area (Å²) >= 11 is 5.60. The van der Waals surface area contributed by atoms with E-state index in [0.717, 1.165) is 4.68 Å². The summed E-state index contributed by atoms with van der Waals surface area (Å²) in [6.07, 6.45) is -2.81. The van der Waals surface area contributed by atoms with Crippen molar-refractivity contribution in [1.29, 1.82) is 0 Å². The summed E-state index contributed by atoms with van der Waals surface area (Å²) in [6.45, 7) is 2.79. The van der Waals surface area contributed by atoms with E-state index in [2.05, 4.69) is 5.10 Å². The summed E-state index contributed by atoms with van der Waals surface area (Å²) in [4.78, 5) is 10.7. The quantitative estimate of drug-likeness (QED) is 0.880. The van der Waals surface area contributed by atoms with Crippen LogP contribution in [0.2, 0.25) is 5.02 Å². The van der Waals surface area contributed by atoms with Crippen molar-refractivity contribution in [3.05, 3.63) is 16.4 Å². The molecule has 0 aliphatic rings. The van der Waals surface area contributed by atoms with Gasteiger partial charge in [-0.25, -0.2) is 13.6 Å². The van der Waals surface area contributed by atoms with E-state index >= 15 is 0 Å².